The van der Waals surface area contributed by atoms with Crippen LogP contribution in [-0.4, -0.2) is 30.4 Å². The van der Waals surface area contributed by atoms with Gasteiger partial charge in [0.15, 0.2) is 11.2 Å². The molecule has 0 atom stereocenters. The van der Waals surface area contributed by atoms with Crippen LogP contribution in [0.1, 0.15) is 13.8 Å². The molecule has 1 N–H and O–H groups in total. The maximum Gasteiger partial charge on any atom is 0.332 e. The molecule has 0 spiro atoms. The molecule has 0 unspecified atom stereocenters. The average Bonchev–Trinajstić information content (AvgIpc) is 2.75. The van der Waals surface area contributed by atoms with Crippen LogP contribution in [0.3, 0.4) is 0 Å². The number of aliphatic hydroxyl groups is 1. The van der Waals surface area contributed by atoms with E-state index >= 15 is 0 Å². The molecule has 0 amide bonds. The molecule has 0 aromatic carbocycles. The van der Waals surface area contributed by atoms with Crippen molar-refractivity contribution in [3.63, 3.8) is 0 Å². The fourth-order valence-electron chi connectivity index (χ4n) is 2.08. The molecule has 2 aromatic heterocycles. The van der Waals surface area contributed by atoms with E-state index < -0.39 is 0 Å². The number of aryl methyl sites for hydroxylation is 1. The van der Waals surface area contributed by atoms with Crippen LogP contribution < -0.4 is 11.2 Å². The topological polar surface area (TPSA) is 82.0 Å². The second-order valence-corrected chi connectivity index (χ2v) is 3.91. The van der Waals surface area contributed by atoms with Crippen LogP contribution in [0.4, 0.5) is 0 Å². The molecule has 2 heterocycles. The summed E-state index contributed by atoms with van der Waals surface area (Å²) in [5.74, 6) is 0. The van der Waals surface area contributed by atoms with E-state index in [1.165, 1.54) is 15.5 Å². The van der Waals surface area contributed by atoms with Crippen molar-refractivity contribution in [3.8, 4) is 0 Å². The Bertz CT molecular complexity index is 680. The van der Waals surface area contributed by atoms with Gasteiger partial charge < -0.3 is 9.67 Å². The minimum Gasteiger partial charge on any atom is -0.395 e. The van der Waals surface area contributed by atoms with Crippen LogP contribution in [0.5, 0.6) is 0 Å². The Hall–Kier alpha value is -1.89. The normalized spacial score (nSPS) is 11.3. The van der Waals surface area contributed by atoms with Gasteiger partial charge in [-0.05, 0) is 13.8 Å². The molecule has 0 bridgehead atoms. The fraction of sp³-hybridized carbons (Fsp3) is 0.545. The van der Waals surface area contributed by atoms with Crippen molar-refractivity contribution >= 4 is 11.2 Å². The Morgan fingerprint density at radius 2 is 1.89 bits per heavy atom. The van der Waals surface area contributed by atoms with Gasteiger partial charge in [0, 0.05) is 19.6 Å². The van der Waals surface area contributed by atoms with Crippen LogP contribution in [0.25, 0.3) is 11.2 Å². The van der Waals surface area contributed by atoms with Crippen LogP contribution in [0.15, 0.2) is 15.9 Å². The van der Waals surface area contributed by atoms with Crippen molar-refractivity contribution in [2.75, 3.05) is 6.61 Å². The summed E-state index contributed by atoms with van der Waals surface area (Å²) in [6.45, 7) is 4.56. The van der Waals surface area contributed by atoms with Crippen molar-refractivity contribution in [2.45, 2.75) is 33.5 Å². The first-order chi connectivity index (χ1) is 8.65. The van der Waals surface area contributed by atoms with E-state index in [9.17, 15) is 9.59 Å². The maximum atomic E-state index is 12.2. The standard InChI is InChI=1S/C11H16N4O3/c1-3-14-9-8(13(5-6-16)7-12-9)10(17)15(4-2)11(14)18/h7,16H,3-6H2,1-2H3. The molecule has 2 rings (SSSR count). The summed E-state index contributed by atoms with van der Waals surface area (Å²) in [5.41, 5.74) is 0.0536. The predicted octanol–water partition coefficient (Wildman–Crippen LogP) is -0.608. The van der Waals surface area contributed by atoms with Crippen molar-refractivity contribution < 1.29 is 5.11 Å². The molecule has 0 aliphatic heterocycles. The third kappa shape index (κ3) is 1.67. The number of aromatic nitrogens is 4. The summed E-state index contributed by atoms with van der Waals surface area (Å²) in [5, 5.41) is 8.97. The zero-order chi connectivity index (χ0) is 13.3. The molecular weight excluding hydrogens is 236 g/mol. The smallest absolute Gasteiger partial charge is 0.332 e. The molecule has 0 aliphatic carbocycles. The summed E-state index contributed by atoms with van der Waals surface area (Å²) in [6, 6.07) is 0. The number of imidazole rings is 1. The highest BCUT2D eigenvalue weighted by Gasteiger charge is 2.15. The number of rotatable bonds is 4. The minimum absolute atomic E-state index is 0.0811. The molecule has 0 radical (unpaired) electrons. The summed E-state index contributed by atoms with van der Waals surface area (Å²) in [6.07, 6.45) is 1.48. The van der Waals surface area contributed by atoms with Crippen LogP contribution in [0, 0.1) is 0 Å². The lowest BCUT2D eigenvalue weighted by atomic mass is 10.4. The highest BCUT2D eigenvalue weighted by molar-refractivity contribution is 5.70. The van der Waals surface area contributed by atoms with E-state index in [1.807, 2.05) is 6.92 Å². The van der Waals surface area contributed by atoms with Crippen molar-refractivity contribution in [3.05, 3.63) is 27.2 Å². The Balaban J connectivity index is 2.93. The third-order valence-corrected chi connectivity index (χ3v) is 2.96. The summed E-state index contributed by atoms with van der Waals surface area (Å²) in [4.78, 5) is 28.4. The van der Waals surface area contributed by atoms with Gasteiger partial charge in [-0.3, -0.25) is 13.9 Å². The lowest BCUT2D eigenvalue weighted by Crippen LogP contribution is -2.40. The SMILES string of the molecule is CCn1c(=O)c2c(ncn2CCO)n(CC)c1=O. The van der Waals surface area contributed by atoms with E-state index in [0.29, 0.717) is 24.3 Å². The molecule has 0 fully saturated rings. The third-order valence-electron chi connectivity index (χ3n) is 2.96. The molecule has 98 valence electrons. The van der Waals surface area contributed by atoms with E-state index in [0.717, 1.165) is 0 Å². The maximum absolute atomic E-state index is 12.2. The van der Waals surface area contributed by atoms with Crippen molar-refractivity contribution in [1.29, 1.82) is 0 Å². The average molecular weight is 252 g/mol. The second kappa shape index (κ2) is 4.77. The van der Waals surface area contributed by atoms with Gasteiger partial charge in [-0.15, -0.1) is 0 Å². The largest absolute Gasteiger partial charge is 0.395 e. The Kier molecular flexibility index (Phi) is 3.33. The van der Waals surface area contributed by atoms with Gasteiger partial charge in [-0.25, -0.2) is 9.78 Å². The van der Waals surface area contributed by atoms with E-state index in [2.05, 4.69) is 4.98 Å². The lowest BCUT2D eigenvalue weighted by Gasteiger charge is -2.09. The Morgan fingerprint density at radius 3 is 2.44 bits per heavy atom. The van der Waals surface area contributed by atoms with Crippen molar-refractivity contribution in [1.82, 2.24) is 18.7 Å². The summed E-state index contributed by atoms with van der Waals surface area (Å²) < 4.78 is 4.23. The number of aliphatic hydroxyl groups excluding tert-OH is 1. The van der Waals surface area contributed by atoms with E-state index in [-0.39, 0.29) is 24.4 Å². The molecular formula is C11H16N4O3. The predicted molar refractivity (Wildman–Crippen MR) is 66.7 cm³/mol. The first kappa shape index (κ1) is 12.6. The van der Waals surface area contributed by atoms with E-state index in [1.54, 1.807) is 11.5 Å². The minimum atomic E-state index is -0.354. The first-order valence-corrected chi connectivity index (χ1v) is 5.95. The second-order valence-electron chi connectivity index (χ2n) is 3.91. The Labute approximate surface area is 103 Å². The van der Waals surface area contributed by atoms with Crippen molar-refractivity contribution in [2.24, 2.45) is 0 Å². The van der Waals surface area contributed by atoms with Crippen LogP contribution in [-0.2, 0) is 19.6 Å². The zero-order valence-corrected chi connectivity index (χ0v) is 10.5. The number of hydrogen-bond acceptors (Lipinski definition) is 4. The van der Waals surface area contributed by atoms with Gasteiger partial charge in [-0.2, -0.15) is 0 Å². The summed E-state index contributed by atoms with van der Waals surface area (Å²) >= 11 is 0. The molecule has 7 heteroatoms. The highest BCUT2D eigenvalue weighted by Crippen LogP contribution is 2.06. The van der Waals surface area contributed by atoms with Gasteiger partial charge in [0.05, 0.1) is 12.9 Å². The van der Waals surface area contributed by atoms with Crippen LogP contribution in [0.2, 0.25) is 0 Å². The number of fused-ring (bicyclic) bond motifs is 1. The molecule has 18 heavy (non-hydrogen) atoms. The highest BCUT2D eigenvalue weighted by atomic mass is 16.3. The van der Waals surface area contributed by atoms with E-state index in [4.69, 9.17) is 5.11 Å². The number of hydrogen-bond donors (Lipinski definition) is 1. The van der Waals surface area contributed by atoms with Gasteiger partial charge in [-0.1, -0.05) is 0 Å². The van der Waals surface area contributed by atoms with Gasteiger partial charge >= 0.3 is 5.69 Å². The van der Waals surface area contributed by atoms with Crippen LogP contribution >= 0.6 is 0 Å². The van der Waals surface area contributed by atoms with Gasteiger partial charge in [0.25, 0.3) is 5.56 Å². The first-order valence-electron chi connectivity index (χ1n) is 5.95. The Morgan fingerprint density at radius 1 is 1.22 bits per heavy atom. The fourth-order valence-corrected chi connectivity index (χ4v) is 2.08. The zero-order valence-electron chi connectivity index (χ0n) is 10.5. The molecule has 0 saturated heterocycles. The molecule has 0 saturated carbocycles. The van der Waals surface area contributed by atoms with Gasteiger partial charge in [0.2, 0.25) is 0 Å². The molecule has 0 aliphatic rings. The van der Waals surface area contributed by atoms with Gasteiger partial charge in [0.1, 0.15) is 0 Å². The summed E-state index contributed by atoms with van der Waals surface area (Å²) in [7, 11) is 0. The monoisotopic (exact) mass is 252 g/mol. The molecule has 7 nitrogen and oxygen atoms in total. The number of nitrogens with zero attached hydrogens (tertiary/aromatic N) is 4. The lowest BCUT2D eigenvalue weighted by molar-refractivity contribution is 0.277. The quantitative estimate of drug-likeness (QED) is 0.787. The molecule has 2 aromatic rings.